The molecule has 0 amide bonds. The number of hydrogen-bond acceptors (Lipinski definition) is 4. The molecular weight excluding hydrogens is 369 g/mol. The maximum absolute atomic E-state index is 12.7. The first-order chi connectivity index (χ1) is 12.2. The van der Waals surface area contributed by atoms with Crippen LogP contribution < -0.4 is 4.72 Å². The molecule has 5 nitrogen and oxygen atoms in total. The number of sulfonamides is 1. The van der Waals surface area contributed by atoms with Gasteiger partial charge in [0.05, 0.1) is 4.90 Å². The maximum Gasteiger partial charge on any atom is 0.437 e. The molecule has 9 heteroatoms. The molecule has 0 bridgehead atoms. The first-order valence-electron chi connectivity index (χ1n) is 7.40. The topological polar surface area (TPSA) is 72.2 Å². The molecule has 1 aromatic heterocycles. The summed E-state index contributed by atoms with van der Waals surface area (Å²) in [7, 11) is -4.12. The van der Waals surface area contributed by atoms with E-state index in [1.54, 1.807) is 12.1 Å². The van der Waals surface area contributed by atoms with E-state index in [4.69, 9.17) is 0 Å². The van der Waals surface area contributed by atoms with Crippen LogP contribution in [0.4, 0.5) is 19.1 Å². The van der Waals surface area contributed by atoms with Gasteiger partial charge in [0.25, 0.3) is 10.0 Å². The molecule has 3 aromatic rings. The molecule has 0 aliphatic carbocycles. The Morgan fingerprint density at radius 2 is 1.54 bits per heavy atom. The van der Waals surface area contributed by atoms with Crippen molar-refractivity contribution in [2.75, 3.05) is 4.72 Å². The molecule has 0 radical (unpaired) electrons. The minimum Gasteiger partial charge on any atom is -0.337 e. The predicted molar refractivity (Wildman–Crippen MR) is 88.9 cm³/mol. The van der Waals surface area contributed by atoms with Crippen molar-refractivity contribution >= 4 is 15.9 Å². The van der Waals surface area contributed by atoms with E-state index in [1.807, 2.05) is 35.1 Å². The standard InChI is InChI=1S/C17H13F3N2O3S/c1-11-15(17(18,19)20)21-25-16(11)22-26(23,24)14-9-7-13(8-10-14)12-5-3-2-4-6-12/h2-10,22H,1H3. The molecular formula is C17H13F3N2O3S. The molecule has 136 valence electrons. The monoisotopic (exact) mass is 382 g/mol. The summed E-state index contributed by atoms with van der Waals surface area (Å²) in [5, 5.41) is 2.89. The number of benzene rings is 2. The van der Waals surface area contributed by atoms with Crippen molar-refractivity contribution in [1.29, 1.82) is 0 Å². The Morgan fingerprint density at radius 1 is 0.962 bits per heavy atom. The summed E-state index contributed by atoms with van der Waals surface area (Å²) in [6.07, 6.45) is -4.73. The lowest BCUT2D eigenvalue weighted by atomic mass is 10.1. The van der Waals surface area contributed by atoms with Gasteiger partial charge >= 0.3 is 6.18 Å². The second-order valence-electron chi connectivity index (χ2n) is 5.48. The molecule has 1 heterocycles. The van der Waals surface area contributed by atoms with Gasteiger partial charge in [0.1, 0.15) is 0 Å². The van der Waals surface area contributed by atoms with Gasteiger partial charge in [-0.15, -0.1) is 0 Å². The van der Waals surface area contributed by atoms with E-state index in [1.165, 1.54) is 12.1 Å². The fourth-order valence-corrected chi connectivity index (χ4v) is 3.38. The van der Waals surface area contributed by atoms with E-state index >= 15 is 0 Å². The molecule has 0 saturated heterocycles. The van der Waals surface area contributed by atoms with E-state index in [2.05, 4.69) is 9.68 Å². The third kappa shape index (κ3) is 3.57. The quantitative estimate of drug-likeness (QED) is 0.723. The van der Waals surface area contributed by atoms with Gasteiger partial charge in [-0.05, 0) is 30.2 Å². The summed E-state index contributed by atoms with van der Waals surface area (Å²) in [6, 6.07) is 15.3. The predicted octanol–water partition coefficient (Wildman–Crippen LogP) is 4.47. The number of aromatic nitrogens is 1. The Balaban J connectivity index is 1.86. The van der Waals surface area contributed by atoms with Crippen molar-refractivity contribution in [3.63, 3.8) is 0 Å². The summed E-state index contributed by atoms with van der Waals surface area (Å²) in [4.78, 5) is -0.110. The van der Waals surface area contributed by atoms with Gasteiger partial charge in [-0.25, -0.2) is 13.1 Å². The van der Waals surface area contributed by atoms with Crippen LogP contribution in [0.2, 0.25) is 0 Å². The highest BCUT2D eigenvalue weighted by molar-refractivity contribution is 7.92. The number of rotatable bonds is 4. The van der Waals surface area contributed by atoms with E-state index in [9.17, 15) is 21.6 Å². The van der Waals surface area contributed by atoms with Crippen LogP contribution in [0.3, 0.4) is 0 Å². The Labute approximate surface area is 147 Å². The molecule has 0 spiro atoms. The van der Waals surface area contributed by atoms with Crippen LogP contribution in [0.25, 0.3) is 11.1 Å². The zero-order chi connectivity index (χ0) is 18.9. The fourth-order valence-electron chi connectivity index (χ4n) is 2.33. The van der Waals surface area contributed by atoms with Gasteiger partial charge in [0.15, 0.2) is 5.69 Å². The molecule has 0 aliphatic heterocycles. The molecule has 0 saturated carbocycles. The average Bonchev–Trinajstić information content (AvgIpc) is 2.96. The first kappa shape index (κ1) is 18.0. The number of anilines is 1. The lowest BCUT2D eigenvalue weighted by Crippen LogP contribution is -2.13. The van der Waals surface area contributed by atoms with Crippen LogP contribution in [0.5, 0.6) is 0 Å². The van der Waals surface area contributed by atoms with Crippen molar-refractivity contribution in [1.82, 2.24) is 5.16 Å². The zero-order valence-electron chi connectivity index (χ0n) is 13.4. The Hall–Kier alpha value is -2.81. The van der Waals surface area contributed by atoms with Gasteiger partial charge in [0, 0.05) is 5.56 Å². The highest BCUT2D eigenvalue weighted by Crippen LogP contribution is 2.34. The summed E-state index contributed by atoms with van der Waals surface area (Å²) in [5.41, 5.74) is 0.0154. The highest BCUT2D eigenvalue weighted by atomic mass is 32.2. The van der Waals surface area contributed by atoms with Crippen LogP contribution in [0.1, 0.15) is 11.3 Å². The summed E-state index contributed by atoms with van der Waals surface area (Å²) < 4.78 is 69.4. The molecule has 3 rings (SSSR count). The molecule has 0 aliphatic rings. The van der Waals surface area contributed by atoms with Gasteiger partial charge in [-0.2, -0.15) is 13.2 Å². The van der Waals surface area contributed by atoms with Crippen molar-refractivity contribution in [3.8, 4) is 11.1 Å². The van der Waals surface area contributed by atoms with E-state index in [-0.39, 0.29) is 4.90 Å². The summed E-state index contributed by atoms with van der Waals surface area (Å²) >= 11 is 0. The normalized spacial score (nSPS) is 12.2. The Morgan fingerprint density at radius 3 is 2.08 bits per heavy atom. The van der Waals surface area contributed by atoms with Crippen molar-refractivity contribution in [2.45, 2.75) is 18.0 Å². The van der Waals surface area contributed by atoms with Crippen molar-refractivity contribution in [2.24, 2.45) is 0 Å². The van der Waals surface area contributed by atoms with Gasteiger partial charge in [0.2, 0.25) is 5.88 Å². The average molecular weight is 382 g/mol. The van der Waals surface area contributed by atoms with Crippen LogP contribution in [0.15, 0.2) is 64.0 Å². The molecule has 0 unspecified atom stereocenters. The van der Waals surface area contributed by atoms with Gasteiger partial charge in [-0.1, -0.05) is 47.6 Å². The van der Waals surface area contributed by atoms with Crippen LogP contribution in [-0.4, -0.2) is 13.6 Å². The van der Waals surface area contributed by atoms with E-state index < -0.39 is 33.3 Å². The second kappa shape index (κ2) is 6.49. The van der Waals surface area contributed by atoms with Crippen LogP contribution in [0, 0.1) is 6.92 Å². The molecule has 26 heavy (non-hydrogen) atoms. The number of hydrogen-bond donors (Lipinski definition) is 1. The maximum atomic E-state index is 12.7. The minimum atomic E-state index is -4.73. The van der Waals surface area contributed by atoms with Crippen LogP contribution >= 0.6 is 0 Å². The lowest BCUT2D eigenvalue weighted by Gasteiger charge is -2.07. The number of halogens is 3. The third-order valence-corrected chi connectivity index (χ3v) is 5.04. The van der Waals surface area contributed by atoms with Crippen molar-refractivity contribution < 1.29 is 26.1 Å². The smallest absolute Gasteiger partial charge is 0.337 e. The Kier molecular flexibility index (Phi) is 4.49. The van der Waals surface area contributed by atoms with Crippen molar-refractivity contribution in [3.05, 3.63) is 65.9 Å². The fraction of sp³-hybridized carbons (Fsp3) is 0.118. The molecule has 2 aromatic carbocycles. The molecule has 1 N–H and O–H groups in total. The number of alkyl halides is 3. The molecule has 0 fully saturated rings. The van der Waals surface area contributed by atoms with E-state index in [0.717, 1.165) is 18.1 Å². The highest BCUT2D eigenvalue weighted by Gasteiger charge is 2.38. The summed E-state index contributed by atoms with van der Waals surface area (Å²) in [5.74, 6) is -0.565. The zero-order valence-corrected chi connectivity index (χ0v) is 14.2. The molecule has 0 atom stereocenters. The van der Waals surface area contributed by atoms with Gasteiger partial charge in [-0.3, -0.25) is 0 Å². The number of nitrogens with zero attached hydrogens (tertiary/aromatic N) is 1. The minimum absolute atomic E-state index is 0.110. The SMILES string of the molecule is Cc1c(C(F)(F)F)noc1NS(=O)(=O)c1ccc(-c2ccccc2)cc1. The van der Waals surface area contributed by atoms with Crippen LogP contribution in [-0.2, 0) is 16.2 Å². The second-order valence-corrected chi connectivity index (χ2v) is 7.16. The first-order valence-corrected chi connectivity index (χ1v) is 8.88. The largest absolute Gasteiger partial charge is 0.437 e. The number of nitrogens with one attached hydrogen (secondary N) is 1. The van der Waals surface area contributed by atoms with E-state index in [0.29, 0.717) is 0 Å². The lowest BCUT2D eigenvalue weighted by molar-refractivity contribution is -0.143. The third-order valence-electron chi connectivity index (χ3n) is 3.69. The Bertz CT molecular complexity index is 1010. The summed E-state index contributed by atoms with van der Waals surface area (Å²) in [6.45, 7) is 1.08. The van der Waals surface area contributed by atoms with Gasteiger partial charge < -0.3 is 4.52 Å².